The van der Waals surface area contributed by atoms with E-state index in [0.29, 0.717) is 0 Å². The third-order valence-corrected chi connectivity index (χ3v) is 2.99. The van der Waals surface area contributed by atoms with Gasteiger partial charge >= 0.3 is 0 Å². The topological polar surface area (TPSA) is 9.23 Å². The molecule has 0 saturated heterocycles. The van der Waals surface area contributed by atoms with Gasteiger partial charge in [0.2, 0.25) is 0 Å². The van der Waals surface area contributed by atoms with Gasteiger partial charge in [0.25, 0.3) is 0 Å². The molecule has 76 valence electrons. The molecule has 0 fully saturated rings. The van der Waals surface area contributed by atoms with Crippen molar-refractivity contribution in [1.29, 1.82) is 0 Å². The number of aryl methyl sites for hydroxylation is 2. The van der Waals surface area contributed by atoms with E-state index in [9.17, 15) is 0 Å². The summed E-state index contributed by atoms with van der Waals surface area (Å²) in [6, 6.07) is 6.52. The fourth-order valence-electron chi connectivity index (χ4n) is 1.96. The Morgan fingerprint density at radius 2 is 1.93 bits per heavy atom. The molecular formula is C12H15BrO. The second-order valence-corrected chi connectivity index (χ2v) is 4.47. The van der Waals surface area contributed by atoms with Gasteiger partial charge in [0.15, 0.2) is 0 Å². The van der Waals surface area contributed by atoms with E-state index in [2.05, 4.69) is 34.1 Å². The van der Waals surface area contributed by atoms with Crippen LogP contribution in [0.1, 0.15) is 24.0 Å². The molecule has 14 heavy (non-hydrogen) atoms. The molecule has 0 heterocycles. The minimum Gasteiger partial charge on any atom is -0.493 e. The van der Waals surface area contributed by atoms with E-state index in [0.717, 1.165) is 17.7 Å². The predicted octanol–water partition coefficient (Wildman–Crippen LogP) is 3.34. The molecule has 2 rings (SSSR count). The first kappa shape index (κ1) is 10.0. The van der Waals surface area contributed by atoms with Crippen molar-refractivity contribution in [2.75, 3.05) is 11.9 Å². The van der Waals surface area contributed by atoms with Crippen LogP contribution >= 0.6 is 15.9 Å². The quantitative estimate of drug-likeness (QED) is 0.753. The zero-order valence-corrected chi connectivity index (χ0v) is 9.85. The van der Waals surface area contributed by atoms with Crippen LogP contribution < -0.4 is 4.74 Å². The van der Waals surface area contributed by atoms with Crippen LogP contribution in [0, 0.1) is 0 Å². The number of rotatable bonds is 3. The largest absolute Gasteiger partial charge is 0.493 e. The van der Waals surface area contributed by atoms with Gasteiger partial charge in [-0.2, -0.15) is 0 Å². The molecule has 1 aliphatic rings. The Kier molecular flexibility index (Phi) is 3.46. The van der Waals surface area contributed by atoms with Crippen LogP contribution in [0.5, 0.6) is 5.75 Å². The van der Waals surface area contributed by atoms with Crippen LogP contribution in [0.25, 0.3) is 0 Å². The first-order valence-electron chi connectivity index (χ1n) is 5.21. The Bertz CT molecular complexity index is 309. The van der Waals surface area contributed by atoms with Crippen LogP contribution in [0.3, 0.4) is 0 Å². The van der Waals surface area contributed by atoms with Crippen molar-refractivity contribution in [2.45, 2.75) is 25.7 Å². The first-order valence-corrected chi connectivity index (χ1v) is 6.33. The molecule has 1 aromatic rings. The number of ether oxygens (including phenoxy) is 1. The lowest BCUT2D eigenvalue weighted by atomic mass is 9.92. The van der Waals surface area contributed by atoms with Crippen molar-refractivity contribution in [1.82, 2.24) is 0 Å². The van der Waals surface area contributed by atoms with Gasteiger partial charge in [0.05, 0.1) is 6.61 Å². The lowest BCUT2D eigenvalue weighted by molar-refractivity contribution is 0.344. The first-order chi connectivity index (χ1) is 6.90. The molecule has 0 radical (unpaired) electrons. The normalized spacial score (nSPS) is 14.9. The molecule has 0 aromatic heterocycles. The number of alkyl halides is 1. The summed E-state index contributed by atoms with van der Waals surface area (Å²) < 4.78 is 5.57. The number of halogens is 1. The van der Waals surface area contributed by atoms with Gasteiger partial charge in [-0.05, 0) is 48.9 Å². The molecular weight excluding hydrogens is 240 g/mol. The average Bonchev–Trinajstić information content (AvgIpc) is 2.26. The van der Waals surface area contributed by atoms with E-state index in [1.54, 1.807) is 0 Å². The van der Waals surface area contributed by atoms with Crippen molar-refractivity contribution < 1.29 is 4.74 Å². The maximum atomic E-state index is 5.57. The molecule has 0 N–H and O–H groups in total. The molecule has 0 bridgehead atoms. The van der Waals surface area contributed by atoms with Gasteiger partial charge in [-0.1, -0.05) is 22.0 Å². The number of benzene rings is 1. The van der Waals surface area contributed by atoms with E-state index in [4.69, 9.17) is 4.74 Å². The minimum absolute atomic E-state index is 0.749. The van der Waals surface area contributed by atoms with Gasteiger partial charge in [-0.15, -0.1) is 0 Å². The molecule has 1 nitrogen and oxygen atoms in total. The second kappa shape index (κ2) is 4.83. The lowest BCUT2D eigenvalue weighted by Crippen LogP contribution is -2.04. The van der Waals surface area contributed by atoms with E-state index in [1.165, 1.54) is 36.8 Å². The fraction of sp³-hybridized carbons (Fsp3) is 0.500. The van der Waals surface area contributed by atoms with Crippen molar-refractivity contribution in [3.05, 3.63) is 29.3 Å². The molecule has 0 saturated carbocycles. The van der Waals surface area contributed by atoms with Crippen molar-refractivity contribution >= 4 is 15.9 Å². The minimum atomic E-state index is 0.749. The monoisotopic (exact) mass is 254 g/mol. The highest BCUT2D eigenvalue weighted by Gasteiger charge is 2.09. The van der Waals surface area contributed by atoms with Gasteiger partial charge in [-0.3, -0.25) is 0 Å². The summed E-state index contributed by atoms with van der Waals surface area (Å²) >= 11 is 3.36. The molecule has 0 unspecified atom stereocenters. The van der Waals surface area contributed by atoms with Crippen LogP contribution in [0.2, 0.25) is 0 Å². The van der Waals surface area contributed by atoms with Crippen LogP contribution in [-0.4, -0.2) is 11.9 Å². The SMILES string of the molecule is BrCCOc1ccc2c(c1)CCCC2. The molecule has 0 amide bonds. The third kappa shape index (κ3) is 2.30. The number of fused-ring (bicyclic) bond motifs is 1. The molecule has 2 heteroatoms. The highest BCUT2D eigenvalue weighted by molar-refractivity contribution is 9.09. The zero-order chi connectivity index (χ0) is 9.80. The van der Waals surface area contributed by atoms with Crippen molar-refractivity contribution in [3.63, 3.8) is 0 Å². The summed E-state index contributed by atoms with van der Waals surface area (Å²) in [5.74, 6) is 1.02. The van der Waals surface area contributed by atoms with E-state index in [-0.39, 0.29) is 0 Å². The van der Waals surface area contributed by atoms with Gasteiger partial charge in [0, 0.05) is 5.33 Å². The number of hydrogen-bond acceptors (Lipinski definition) is 1. The molecule has 1 aliphatic carbocycles. The standard InChI is InChI=1S/C12H15BrO/c13-7-8-14-12-6-5-10-3-1-2-4-11(10)9-12/h5-6,9H,1-4,7-8H2. The highest BCUT2D eigenvalue weighted by Crippen LogP contribution is 2.25. The maximum Gasteiger partial charge on any atom is 0.119 e. The van der Waals surface area contributed by atoms with E-state index in [1.807, 2.05) is 0 Å². The Balaban J connectivity index is 2.12. The summed E-state index contributed by atoms with van der Waals surface area (Å²) in [4.78, 5) is 0. The van der Waals surface area contributed by atoms with Gasteiger partial charge in [-0.25, -0.2) is 0 Å². The van der Waals surface area contributed by atoms with E-state index >= 15 is 0 Å². The summed E-state index contributed by atoms with van der Waals surface area (Å²) in [7, 11) is 0. The summed E-state index contributed by atoms with van der Waals surface area (Å²) in [5.41, 5.74) is 3.01. The van der Waals surface area contributed by atoms with Gasteiger partial charge in [0.1, 0.15) is 5.75 Å². The van der Waals surface area contributed by atoms with Crippen molar-refractivity contribution in [3.8, 4) is 5.75 Å². The Labute approximate surface area is 93.6 Å². The van der Waals surface area contributed by atoms with E-state index < -0.39 is 0 Å². The summed E-state index contributed by atoms with van der Waals surface area (Å²) in [6.45, 7) is 0.749. The fourth-order valence-corrected chi connectivity index (χ4v) is 2.12. The Morgan fingerprint density at radius 3 is 2.71 bits per heavy atom. The third-order valence-electron chi connectivity index (χ3n) is 2.67. The summed E-state index contributed by atoms with van der Waals surface area (Å²) in [6.07, 6.45) is 5.14. The van der Waals surface area contributed by atoms with Crippen molar-refractivity contribution in [2.24, 2.45) is 0 Å². The zero-order valence-electron chi connectivity index (χ0n) is 8.26. The number of hydrogen-bond donors (Lipinski definition) is 0. The Morgan fingerprint density at radius 1 is 1.14 bits per heavy atom. The molecule has 0 spiro atoms. The van der Waals surface area contributed by atoms with Crippen LogP contribution in [-0.2, 0) is 12.8 Å². The lowest BCUT2D eigenvalue weighted by Gasteiger charge is -2.16. The molecule has 0 aliphatic heterocycles. The average molecular weight is 255 g/mol. The highest BCUT2D eigenvalue weighted by atomic mass is 79.9. The van der Waals surface area contributed by atoms with Gasteiger partial charge < -0.3 is 4.74 Å². The second-order valence-electron chi connectivity index (χ2n) is 3.68. The smallest absolute Gasteiger partial charge is 0.119 e. The van der Waals surface area contributed by atoms with Crippen LogP contribution in [0.4, 0.5) is 0 Å². The predicted molar refractivity (Wildman–Crippen MR) is 62.4 cm³/mol. The van der Waals surface area contributed by atoms with Crippen LogP contribution in [0.15, 0.2) is 18.2 Å². The molecule has 1 aromatic carbocycles. The Hall–Kier alpha value is -0.500. The molecule has 0 atom stereocenters. The summed E-state index contributed by atoms with van der Waals surface area (Å²) in [5, 5.41) is 0.893. The maximum absolute atomic E-state index is 5.57.